The maximum atomic E-state index is 11.8. The minimum Gasteiger partial charge on any atom is -0.468 e. The lowest BCUT2D eigenvalue weighted by Crippen LogP contribution is -2.43. The summed E-state index contributed by atoms with van der Waals surface area (Å²) in [7, 11) is 1.26. The summed E-state index contributed by atoms with van der Waals surface area (Å²) in [4.78, 5) is 34.8. The van der Waals surface area contributed by atoms with Gasteiger partial charge in [-0.2, -0.15) is 0 Å². The molecule has 0 bridgehead atoms. The fraction of sp³-hybridized carbons (Fsp3) is 0.727. The summed E-state index contributed by atoms with van der Waals surface area (Å²) in [5, 5.41) is 0. The van der Waals surface area contributed by atoms with Gasteiger partial charge in [-0.05, 0) is 12.8 Å². The number of carbonyl (C=O) groups is 3. The van der Waals surface area contributed by atoms with Gasteiger partial charge in [0.1, 0.15) is 11.7 Å². The van der Waals surface area contributed by atoms with Crippen LogP contribution in [0.5, 0.6) is 0 Å². The lowest BCUT2D eigenvalue weighted by molar-refractivity contribution is -0.155. The molecule has 1 saturated carbocycles. The zero-order chi connectivity index (χ0) is 11.6. The van der Waals surface area contributed by atoms with E-state index in [1.807, 2.05) is 0 Å². The van der Waals surface area contributed by atoms with E-state index in [-0.39, 0.29) is 17.5 Å². The maximum Gasteiger partial charge on any atom is 0.316 e. The maximum absolute atomic E-state index is 11.8. The highest BCUT2D eigenvalue weighted by molar-refractivity contribution is 6.12. The molecule has 0 saturated heterocycles. The van der Waals surface area contributed by atoms with Gasteiger partial charge in [-0.25, -0.2) is 0 Å². The Morgan fingerprint density at radius 3 is 2.47 bits per heavy atom. The third kappa shape index (κ3) is 2.08. The topological polar surface area (TPSA) is 60.4 Å². The fourth-order valence-electron chi connectivity index (χ4n) is 2.07. The second-order valence-corrected chi connectivity index (χ2v) is 3.98. The lowest BCUT2D eigenvalue weighted by Gasteiger charge is -2.28. The average Bonchev–Trinajstić information content (AvgIpc) is 2.23. The van der Waals surface area contributed by atoms with Crippen LogP contribution in [0.4, 0.5) is 0 Å². The van der Waals surface area contributed by atoms with Crippen LogP contribution in [-0.4, -0.2) is 24.6 Å². The first-order valence-electron chi connectivity index (χ1n) is 5.18. The predicted octanol–water partition coefficient (Wildman–Crippen LogP) is 0.980. The Morgan fingerprint density at radius 1 is 1.40 bits per heavy atom. The van der Waals surface area contributed by atoms with Crippen molar-refractivity contribution in [2.75, 3.05) is 7.11 Å². The number of ether oxygens (including phenoxy) is 1. The minimum atomic E-state index is -0.743. The van der Waals surface area contributed by atoms with E-state index in [1.54, 1.807) is 13.8 Å². The van der Waals surface area contributed by atoms with Crippen LogP contribution in [0.2, 0.25) is 0 Å². The Kier molecular flexibility index (Phi) is 3.61. The Balaban J connectivity index is 2.90. The Labute approximate surface area is 89.0 Å². The summed E-state index contributed by atoms with van der Waals surface area (Å²) < 4.78 is 4.57. The largest absolute Gasteiger partial charge is 0.468 e. The Hall–Kier alpha value is -1.19. The van der Waals surface area contributed by atoms with Crippen LogP contribution in [0.3, 0.4) is 0 Å². The second-order valence-electron chi connectivity index (χ2n) is 3.98. The van der Waals surface area contributed by atoms with Gasteiger partial charge in [-0.1, -0.05) is 13.8 Å². The normalized spacial score (nSPS) is 31.5. The molecule has 3 unspecified atom stereocenters. The number of ketones is 2. The van der Waals surface area contributed by atoms with Crippen molar-refractivity contribution in [1.29, 1.82) is 0 Å². The molecular formula is C11H16O4. The number of carbonyl (C=O) groups excluding carboxylic acids is 3. The van der Waals surface area contributed by atoms with Crippen molar-refractivity contribution >= 4 is 17.5 Å². The first kappa shape index (κ1) is 11.9. The van der Waals surface area contributed by atoms with Crippen LogP contribution in [0.15, 0.2) is 0 Å². The van der Waals surface area contributed by atoms with E-state index in [0.29, 0.717) is 12.8 Å². The van der Waals surface area contributed by atoms with Gasteiger partial charge in [-0.3, -0.25) is 14.4 Å². The summed E-state index contributed by atoms with van der Waals surface area (Å²) in [6.07, 6.45) is 0.760. The number of esters is 1. The molecule has 0 radical (unpaired) electrons. The molecule has 1 fully saturated rings. The quantitative estimate of drug-likeness (QED) is 0.505. The average molecular weight is 212 g/mol. The van der Waals surface area contributed by atoms with Crippen LogP contribution in [0.1, 0.15) is 26.7 Å². The molecule has 0 heterocycles. The smallest absolute Gasteiger partial charge is 0.316 e. The molecular weight excluding hydrogens is 196 g/mol. The van der Waals surface area contributed by atoms with E-state index >= 15 is 0 Å². The third-order valence-corrected chi connectivity index (χ3v) is 3.00. The summed E-state index contributed by atoms with van der Waals surface area (Å²) in [6.45, 7) is 3.54. The number of Topliss-reactive ketones (excluding diaryl/α,β-unsaturated/α-hetero) is 2. The van der Waals surface area contributed by atoms with Crippen molar-refractivity contribution in [2.45, 2.75) is 26.7 Å². The Morgan fingerprint density at radius 2 is 2.00 bits per heavy atom. The van der Waals surface area contributed by atoms with E-state index in [9.17, 15) is 14.4 Å². The molecule has 0 amide bonds. The van der Waals surface area contributed by atoms with Crippen molar-refractivity contribution < 1.29 is 19.1 Å². The Bertz CT molecular complexity index is 295. The van der Waals surface area contributed by atoms with Crippen LogP contribution >= 0.6 is 0 Å². The van der Waals surface area contributed by atoms with Gasteiger partial charge in [0.2, 0.25) is 0 Å². The van der Waals surface area contributed by atoms with Gasteiger partial charge in [0.15, 0.2) is 5.78 Å². The first-order chi connectivity index (χ1) is 7.02. The highest BCUT2D eigenvalue weighted by Crippen LogP contribution is 2.30. The van der Waals surface area contributed by atoms with Crippen molar-refractivity contribution in [3.63, 3.8) is 0 Å². The van der Waals surface area contributed by atoms with Gasteiger partial charge in [0.05, 0.1) is 13.0 Å². The fourth-order valence-corrected chi connectivity index (χ4v) is 2.07. The van der Waals surface area contributed by atoms with Crippen molar-refractivity contribution in [2.24, 2.45) is 17.8 Å². The number of methoxy groups -OCH3 is 1. The highest BCUT2D eigenvalue weighted by Gasteiger charge is 2.43. The molecule has 15 heavy (non-hydrogen) atoms. The van der Waals surface area contributed by atoms with Gasteiger partial charge >= 0.3 is 5.97 Å². The molecule has 3 atom stereocenters. The van der Waals surface area contributed by atoms with E-state index < -0.39 is 17.8 Å². The van der Waals surface area contributed by atoms with Crippen LogP contribution < -0.4 is 0 Å². The zero-order valence-corrected chi connectivity index (χ0v) is 9.28. The van der Waals surface area contributed by atoms with Crippen LogP contribution in [0, 0.1) is 17.8 Å². The SMILES string of the molecule is CCC1C(=O)C(C)CC(C(=O)OC)C1=O. The first-order valence-corrected chi connectivity index (χ1v) is 5.18. The molecule has 1 aliphatic rings. The third-order valence-electron chi connectivity index (χ3n) is 3.00. The van der Waals surface area contributed by atoms with Gasteiger partial charge < -0.3 is 4.74 Å². The van der Waals surface area contributed by atoms with Gasteiger partial charge in [0.25, 0.3) is 0 Å². The molecule has 0 spiro atoms. The molecule has 1 rings (SSSR count). The minimum absolute atomic E-state index is 0.0392. The number of hydrogen-bond donors (Lipinski definition) is 0. The molecule has 0 aromatic carbocycles. The summed E-state index contributed by atoms with van der Waals surface area (Å²) in [5.74, 6) is -2.41. The molecule has 0 aliphatic heterocycles. The van der Waals surface area contributed by atoms with E-state index in [2.05, 4.69) is 4.74 Å². The van der Waals surface area contributed by atoms with E-state index in [1.165, 1.54) is 7.11 Å². The molecule has 0 aromatic rings. The van der Waals surface area contributed by atoms with Crippen molar-refractivity contribution in [3.8, 4) is 0 Å². The van der Waals surface area contributed by atoms with Gasteiger partial charge in [-0.15, -0.1) is 0 Å². The summed E-state index contributed by atoms with van der Waals surface area (Å²) in [6, 6.07) is 0. The van der Waals surface area contributed by atoms with Crippen molar-refractivity contribution in [1.82, 2.24) is 0 Å². The molecule has 0 N–H and O–H groups in total. The molecule has 1 aliphatic carbocycles. The van der Waals surface area contributed by atoms with E-state index in [0.717, 1.165) is 0 Å². The predicted molar refractivity (Wildman–Crippen MR) is 53.1 cm³/mol. The molecule has 84 valence electrons. The molecule has 4 heteroatoms. The summed E-state index contributed by atoms with van der Waals surface area (Å²) >= 11 is 0. The van der Waals surface area contributed by atoms with Crippen LogP contribution in [-0.2, 0) is 19.1 Å². The van der Waals surface area contributed by atoms with E-state index in [4.69, 9.17) is 0 Å². The second kappa shape index (κ2) is 4.55. The molecule has 4 nitrogen and oxygen atoms in total. The number of rotatable bonds is 2. The van der Waals surface area contributed by atoms with Gasteiger partial charge in [0, 0.05) is 5.92 Å². The molecule has 0 aromatic heterocycles. The summed E-state index contributed by atoms with van der Waals surface area (Å²) in [5.41, 5.74) is 0. The lowest BCUT2D eigenvalue weighted by atomic mass is 9.73. The zero-order valence-electron chi connectivity index (χ0n) is 9.28. The monoisotopic (exact) mass is 212 g/mol. The van der Waals surface area contributed by atoms with Crippen LogP contribution in [0.25, 0.3) is 0 Å². The standard InChI is InChI=1S/C11H16O4/c1-4-7-9(12)6(2)5-8(10(7)13)11(14)15-3/h6-8H,4-5H2,1-3H3. The number of hydrogen-bond acceptors (Lipinski definition) is 4. The highest BCUT2D eigenvalue weighted by atomic mass is 16.5. The van der Waals surface area contributed by atoms with Crippen molar-refractivity contribution in [3.05, 3.63) is 0 Å².